The third-order valence-corrected chi connectivity index (χ3v) is 1.73. The molecule has 0 radical (unpaired) electrons. The Morgan fingerprint density at radius 3 is 1.27 bits per heavy atom. The number of hydrogen-bond donors (Lipinski definition) is 0. The summed E-state index contributed by atoms with van der Waals surface area (Å²) in [5.74, 6) is 0. The standard InChI is InChI=1S/2C6H7.2FH.Hf/c2*1-6-4-2-3-5-6;;;/h2*2,4H,3H2,1H3;2*1H;/q2*-1;;;+4/p-2. The molecule has 2 rings (SSSR count). The van der Waals surface area contributed by atoms with Gasteiger partial charge >= 0.3 is 25.8 Å². The van der Waals surface area contributed by atoms with Crippen molar-refractivity contribution in [3.8, 4) is 0 Å². The van der Waals surface area contributed by atoms with E-state index in [4.69, 9.17) is 0 Å². The van der Waals surface area contributed by atoms with E-state index in [1.807, 2.05) is 0 Å². The van der Waals surface area contributed by atoms with E-state index in [1.165, 1.54) is 11.1 Å². The summed E-state index contributed by atoms with van der Waals surface area (Å²) in [5.41, 5.74) is 2.55. The van der Waals surface area contributed by atoms with Crippen molar-refractivity contribution < 1.29 is 35.3 Å². The molecule has 0 fully saturated rings. The Morgan fingerprint density at radius 2 is 1.20 bits per heavy atom. The van der Waals surface area contributed by atoms with Crippen LogP contribution >= 0.6 is 0 Å². The molecule has 0 unspecified atom stereocenters. The summed E-state index contributed by atoms with van der Waals surface area (Å²) >= 11 is 0. The van der Waals surface area contributed by atoms with Gasteiger partial charge in [0.25, 0.3) is 0 Å². The average molecular weight is 375 g/mol. The van der Waals surface area contributed by atoms with E-state index in [-0.39, 0.29) is 35.3 Å². The van der Waals surface area contributed by atoms with Crippen molar-refractivity contribution in [2.24, 2.45) is 0 Å². The van der Waals surface area contributed by atoms with E-state index >= 15 is 0 Å². The Kier molecular flexibility index (Phi) is 15.8. The van der Waals surface area contributed by atoms with Crippen molar-refractivity contribution in [3.05, 3.63) is 47.6 Å². The third kappa shape index (κ3) is 9.98. The Labute approximate surface area is 109 Å². The summed E-state index contributed by atoms with van der Waals surface area (Å²) in [7, 11) is 0. The van der Waals surface area contributed by atoms with E-state index in [0.717, 1.165) is 12.8 Å². The van der Waals surface area contributed by atoms with Gasteiger partial charge in [0, 0.05) is 0 Å². The molecular formula is C12H14F2Hf. The van der Waals surface area contributed by atoms with Gasteiger partial charge in [-0.05, 0) is 0 Å². The normalized spacial score (nSPS) is 14.8. The molecule has 2 aliphatic carbocycles. The van der Waals surface area contributed by atoms with Crippen LogP contribution < -0.4 is 9.41 Å². The van der Waals surface area contributed by atoms with E-state index in [9.17, 15) is 0 Å². The predicted molar refractivity (Wildman–Crippen MR) is 52.4 cm³/mol. The van der Waals surface area contributed by atoms with Gasteiger partial charge in [-0.25, -0.2) is 23.3 Å². The number of rotatable bonds is 0. The SMILES string of the molecule is CC1=[C-]CC=C1.CC1=[C-]CC=C1.[F-].[F-].[Hf+4]. The monoisotopic (exact) mass is 376 g/mol. The zero-order valence-electron chi connectivity index (χ0n) is 8.98. The first kappa shape index (κ1) is 20.1. The molecule has 0 aromatic heterocycles. The summed E-state index contributed by atoms with van der Waals surface area (Å²) in [6.07, 6.45) is 16.7. The van der Waals surface area contributed by atoms with E-state index < -0.39 is 0 Å². The topological polar surface area (TPSA) is 0 Å². The van der Waals surface area contributed by atoms with Crippen molar-refractivity contribution in [3.63, 3.8) is 0 Å². The van der Waals surface area contributed by atoms with Crippen LogP contribution in [0.1, 0.15) is 26.7 Å². The smallest absolute Gasteiger partial charge is 1.00 e. The zero-order chi connectivity index (χ0) is 8.81. The number of allylic oxidation sites excluding steroid dienone is 8. The summed E-state index contributed by atoms with van der Waals surface area (Å²) in [6, 6.07) is 0. The molecule has 15 heavy (non-hydrogen) atoms. The second kappa shape index (κ2) is 11.8. The molecule has 0 atom stereocenters. The van der Waals surface area contributed by atoms with E-state index in [0.29, 0.717) is 0 Å². The van der Waals surface area contributed by atoms with Crippen LogP contribution in [0.15, 0.2) is 35.5 Å². The second-order valence-corrected chi connectivity index (χ2v) is 2.93. The van der Waals surface area contributed by atoms with Crippen LogP contribution in [-0.4, -0.2) is 0 Å². The molecule has 0 spiro atoms. The van der Waals surface area contributed by atoms with Crippen LogP contribution in [0.4, 0.5) is 0 Å². The minimum absolute atomic E-state index is 0. The molecule has 0 heterocycles. The molecule has 0 amide bonds. The molecule has 0 aliphatic heterocycles. The molecule has 0 N–H and O–H groups in total. The van der Waals surface area contributed by atoms with Crippen LogP contribution in [0.25, 0.3) is 0 Å². The molecule has 0 saturated heterocycles. The minimum Gasteiger partial charge on any atom is -1.00 e. The van der Waals surface area contributed by atoms with Gasteiger partial charge in [0.05, 0.1) is 0 Å². The third-order valence-electron chi connectivity index (χ3n) is 1.73. The zero-order valence-corrected chi connectivity index (χ0v) is 12.6. The molecule has 2 aliphatic rings. The van der Waals surface area contributed by atoms with Gasteiger partial charge in [-0.2, -0.15) is 12.2 Å². The van der Waals surface area contributed by atoms with Gasteiger partial charge in [-0.15, -0.1) is 12.8 Å². The van der Waals surface area contributed by atoms with Crippen LogP contribution in [0.3, 0.4) is 0 Å². The van der Waals surface area contributed by atoms with Crippen LogP contribution in [-0.2, 0) is 25.8 Å². The van der Waals surface area contributed by atoms with Crippen molar-refractivity contribution in [2.45, 2.75) is 26.7 Å². The number of halogens is 2. The quantitative estimate of drug-likeness (QED) is 0.322. The molecule has 80 valence electrons. The summed E-state index contributed by atoms with van der Waals surface area (Å²) in [4.78, 5) is 0. The largest absolute Gasteiger partial charge is 4.00 e. The molecule has 0 aromatic rings. The first-order valence-electron chi connectivity index (χ1n) is 4.27. The fourth-order valence-corrected chi connectivity index (χ4v) is 1.03. The number of hydrogen-bond acceptors (Lipinski definition) is 0. The van der Waals surface area contributed by atoms with Gasteiger partial charge in [0.1, 0.15) is 0 Å². The van der Waals surface area contributed by atoms with Gasteiger partial charge in [0.15, 0.2) is 0 Å². The maximum atomic E-state index is 3.12. The first-order valence-corrected chi connectivity index (χ1v) is 4.27. The molecular weight excluding hydrogens is 361 g/mol. The Bertz CT molecular complexity index is 229. The Balaban J connectivity index is -0.000000160. The van der Waals surface area contributed by atoms with Crippen LogP contribution in [0.5, 0.6) is 0 Å². The minimum atomic E-state index is 0. The van der Waals surface area contributed by atoms with Crippen molar-refractivity contribution in [1.82, 2.24) is 0 Å². The van der Waals surface area contributed by atoms with Crippen LogP contribution in [0, 0.1) is 12.2 Å². The fraction of sp³-hybridized carbons (Fsp3) is 0.333. The van der Waals surface area contributed by atoms with Crippen molar-refractivity contribution in [1.29, 1.82) is 0 Å². The van der Waals surface area contributed by atoms with Gasteiger partial charge in [-0.1, -0.05) is 13.8 Å². The summed E-state index contributed by atoms with van der Waals surface area (Å²) in [5, 5.41) is 0. The van der Waals surface area contributed by atoms with Gasteiger partial charge in [-0.3, -0.25) is 12.2 Å². The van der Waals surface area contributed by atoms with Crippen molar-refractivity contribution >= 4 is 0 Å². The van der Waals surface area contributed by atoms with E-state index in [1.54, 1.807) is 0 Å². The fourth-order valence-electron chi connectivity index (χ4n) is 1.03. The molecule has 3 heteroatoms. The molecule has 0 nitrogen and oxygen atoms in total. The maximum absolute atomic E-state index is 3.12. The molecule has 0 bridgehead atoms. The Hall–Kier alpha value is -0.310. The molecule has 0 aromatic carbocycles. The van der Waals surface area contributed by atoms with Gasteiger partial charge in [0.2, 0.25) is 0 Å². The van der Waals surface area contributed by atoms with Crippen molar-refractivity contribution in [2.75, 3.05) is 0 Å². The average Bonchev–Trinajstić information content (AvgIpc) is 2.63. The predicted octanol–water partition coefficient (Wildman–Crippen LogP) is -2.60. The summed E-state index contributed by atoms with van der Waals surface area (Å²) in [6.45, 7) is 4.12. The Morgan fingerprint density at radius 1 is 0.867 bits per heavy atom. The summed E-state index contributed by atoms with van der Waals surface area (Å²) < 4.78 is 0. The first-order chi connectivity index (χ1) is 5.79. The second-order valence-electron chi connectivity index (χ2n) is 2.93. The molecule has 0 saturated carbocycles. The van der Waals surface area contributed by atoms with E-state index in [2.05, 4.69) is 50.3 Å². The van der Waals surface area contributed by atoms with Gasteiger partial charge < -0.3 is 9.41 Å². The van der Waals surface area contributed by atoms with Crippen LogP contribution in [0.2, 0.25) is 0 Å². The maximum Gasteiger partial charge on any atom is 4.00 e.